The first-order valence-electron chi connectivity index (χ1n) is 8.51. The van der Waals surface area contributed by atoms with Crippen LogP contribution in [0.2, 0.25) is 0 Å². The fourth-order valence-corrected chi connectivity index (χ4v) is 2.87. The number of amides is 2. The van der Waals surface area contributed by atoms with Crippen LogP contribution in [0.1, 0.15) is 42.5 Å². The zero-order valence-corrected chi connectivity index (χ0v) is 15.9. The average molecular weight is 344 g/mol. The van der Waals surface area contributed by atoms with Gasteiger partial charge in [0.15, 0.2) is 0 Å². The normalized spacial score (nSPS) is 13.4. The predicted octanol–water partition coefficient (Wildman–Crippen LogP) is 3.50. The molecule has 0 fully saturated rings. The van der Waals surface area contributed by atoms with Crippen molar-refractivity contribution in [2.75, 3.05) is 12.4 Å². The summed E-state index contributed by atoms with van der Waals surface area (Å²) in [6.07, 6.45) is 0.736. The molecule has 0 saturated carbocycles. The minimum absolute atomic E-state index is 0.00248. The molecule has 2 aromatic rings. The number of benzene rings is 1. The Morgan fingerprint density at radius 3 is 2.64 bits per heavy atom. The molecule has 2 rings (SSSR count). The van der Waals surface area contributed by atoms with Crippen LogP contribution in [0.15, 0.2) is 24.3 Å². The Hall–Kier alpha value is -2.34. The van der Waals surface area contributed by atoms with Gasteiger partial charge in [0.1, 0.15) is 0 Å². The summed E-state index contributed by atoms with van der Waals surface area (Å²) >= 11 is 0. The number of nitrogens with zero attached hydrogens (tertiary/aromatic N) is 2. The first-order chi connectivity index (χ1) is 11.8. The molecular formula is C19H28N4O2. The highest BCUT2D eigenvalue weighted by Crippen LogP contribution is 2.19. The molecule has 1 heterocycles. The van der Waals surface area contributed by atoms with Gasteiger partial charge in [-0.2, -0.15) is 5.10 Å². The molecule has 0 radical (unpaired) electrons. The van der Waals surface area contributed by atoms with Crippen molar-refractivity contribution in [2.24, 2.45) is 7.05 Å². The van der Waals surface area contributed by atoms with Crippen LogP contribution in [0.4, 0.5) is 10.5 Å². The van der Waals surface area contributed by atoms with Gasteiger partial charge < -0.3 is 15.4 Å². The maximum Gasteiger partial charge on any atom is 0.319 e. The summed E-state index contributed by atoms with van der Waals surface area (Å²) in [4.78, 5) is 12.3. The van der Waals surface area contributed by atoms with Gasteiger partial charge in [-0.1, -0.05) is 12.1 Å². The summed E-state index contributed by atoms with van der Waals surface area (Å²) in [6, 6.07) is 7.47. The molecule has 1 aromatic carbocycles. The molecule has 0 spiro atoms. The van der Waals surface area contributed by atoms with E-state index in [2.05, 4.69) is 15.7 Å². The zero-order valence-electron chi connectivity index (χ0n) is 15.9. The van der Waals surface area contributed by atoms with Gasteiger partial charge in [0.25, 0.3) is 0 Å². The Kier molecular flexibility index (Phi) is 6.20. The van der Waals surface area contributed by atoms with Crippen LogP contribution >= 0.6 is 0 Å². The highest BCUT2D eigenvalue weighted by Gasteiger charge is 2.15. The van der Waals surface area contributed by atoms with Crippen molar-refractivity contribution in [1.82, 2.24) is 15.1 Å². The second-order valence-corrected chi connectivity index (χ2v) is 6.48. The molecule has 2 N–H and O–H groups in total. The molecule has 25 heavy (non-hydrogen) atoms. The van der Waals surface area contributed by atoms with E-state index in [1.54, 1.807) is 7.11 Å². The number of carbonyl (C=O) groups is 1. The van der Waals surface area contributed by atoms with E-state index >= 15 is 0 Å². The fraction of sp³-hybridized carbons (Fsp3) is 0.474. The summed E-state index contributed by atoms with van der Waals surface area (Å²) in [6.45, 7) is 8.01. The second-order valence-electron chi connectivity index (χ2n) is 6.48. The molecule has 0 bridgehead atoms. The molecule has 0 saturated heterocycles. The van der Waals surface area contributed by atoms with Crippen LogP contribution < -0.4 is 10.6 Å². The number of hydrogen-bond acceptors (Lipinski definition) is 3. The topological polar surface area (TPSA) is 68.2 Å². The van der Waals surface area contributed by atoms with Crippen LogP contribution in [0.25, 0.3) is 0 Å². The minimum Gasteiger partial charge on any atom is -0.377 e. The fourth-order valence-electron chi connectivity index (χ4n) is 2.87. The van der Waals surface area contributed by atoms with Crippen molar-refractivity contribution in [3.05, 3.63) is 46.8 Å². The lowest BCUT2D eigenvalue weighted by Crippen LogP contribution is -2.37. The van der Waals surface area contributed by atoms with E-state index in [0.29, 0.717) is 0 Å². The predicted molar refractivity (Wildman–Crippen MR) is 99.9 cm³/mol. The Labute approximate surface area is 149 Å². The van der Waals surface area contributed by atoms with E-state index in [4.69, 9.17) is 4.74 Å². The third kappa shape index (κ3) is 4.82. The molecule has 0 aliphatic carbocycles. The highest BCUT2D eigenvalue weighted by molar-refractivity contribution is 5.89. The van der Waals surface area contributed by atoms with E-state index in [9.17, 15) is 4.79 Å². The summed E-state index contributed by atoms with van der Waals surface area (Å²) in [5.41, 5.74) is 5.10. The van der Waals surface area contributed by atoms with Gasteiger partial charge in [0, 0.05) is 31.6 Å². The van der Waals surface area contributed by atoms with Gasteiger partial charge >= 0.3 is 6.03 Å². The van der Waals surface area contributed by atoms with E-state index in [1.165, 1.54) is 5.56 Å². The molecule has 0 aliphatic heterocycles. The van der Waals surface area contributed by atoms with Gasteiger partial charge in [0.05, 0.1) is 11.8 Å². The van der Waals surface area contributed by atoms with Crippen molar-refractivity contribution < 1.29 is 9.53 Å². The molecule has 136 valence electrons. The number of aromatic nitrogens is 2. The lowest BCUT2D eigenvalue weighted by atomic mass is 10.1. The van der Waals surface area contributed by atoms with Gasteiger partial charge in [-0.3, -0.25) is 4.68 Å². The number of rotatable bonds is 6. The summed E-state index contributed by atoms with van der Waals surface area (Å²) in [5, 5.41) is 10.3. The van der Waals surface area contributed by atoms with Crippen LogP contribution in [-0.4, -0.2) is 29.0 Å². The zero-order chi connectivity index (χ0) is 18.6. The summed E-state index contributed by atoms with van der Waals surface area (Å²) in [5.74, 6) is 0. The maximum atomic E-state index is 12.3. The molecule has 1 aromatic heterocycles. The number of methoxy groups -OCH3 is 1. The van der Waals surface area contributed by atoms with Crippen molar-refractivity contribution in [2.45, 2.75) is 46.3 Å². The number of ether oxygens (including phenoxy) is 1. The standard InChI is InChI=1S/C19H28N4O2/c1-12(10-18-13(2)22-23(5)14(18)3)20-19(24)21-17-9-7-8-16(11-17)15(4)25-6/h7-9,11-12,15H,10H2,1-6H3,(H2,20,21,24). The third-order valence-electron chi connectivity index (χ3n) is 4.51. The van der Waals surface area contributed by atoms with Gasteiger partial charge in [-0.25, -0.2) is 4.79 Å². The molecule has 2 amide bonds. The first kappa shape index (κ1) is 19.0. The number of aryl methyl sites for hydroxylation is 2. The summed E-state index contributed by atoms with van der Waals surface area (Å²) < 4.78 is 7.19. The summed E-state index contributed by atoms with van der Waals surface area (Å²) in [7, 11) is 3.60. The van der Waals surface area contributed by atoms with Crippen LogP contribution in [0.5, 0.6) is 0 Å². The lowest BCUT2D eigenvalue weighted by Gasteiger charge is -2.16. The van der Waals surface area contributed by atoms with Gasteiger partial charge in [-0.15, -0.1) is 0 Å². The SMILES string of the molecule is COC(C)c1cccc(NC(=O)NC(C)Cc2c(C)nn(C)c2C)c1. The van der Waals surface area contributed by atoms with Gasteiger partial charge in [0.2, 0.25) is 0 Å². The largest absolute Gasteiger partial charge is 0.377 e. The van der Waals surface area contributed by atoms with E-state index in [-0.39, 0.29) is 18.2 Å². The van der Waals surface area contributed by atoms with E-state index in [0.717, 1.165) is 29.1 Å². The molecule has 6 heteroatoms. The quantitative estimate of drug-likeness (QED) is 0.843. The number of anilines is 1. The number of urea groups is 1. The van der Waals surface area contributed by atoms with Crippen LogP contribution in [-0.2, 0) is 18.2 Å². The Morgan fingerprint density at radius 1 is 1.32 bits per heavy atom. The Balaban J connectivity index is 1.95. The maximum absolute atomic E-state index is 12.3. The number of nitrogens with one attached hydrogen (secondary N) is 2. The molecular weight excluding hydrogens is 316 g/mol. The monoisotopic (exact) mass is 344 g/mol. The average Bonchev–Trinajstić information content (AvgIpc) is 2.80. The van der Waals surface area contributed by atoms with E-state index < -0.39 is 0 Å². The van der Waals surface area contributed by atoms with Crippen molar-refractivity contribution in [3.8, 4) is 0 Å². The van der Waals surface area contributed by atoms with Gasteiger partial charge in [-0.05, 0) is 57.4 Å². The lowest BCUT2D eigenvalue weighted by molar-refractivity contribution is 0.119. The van der Waals surface area contributed by atoms with E-state index in [1.807, 2.05) is 63.7 Å². The Bertz CT molecular complexity index is 739. The second kappa shape index (κ2) is 8.16. The van der Waals surface area contributed by atoms with Crippen molar-refractivity contribution >= 4 is 11.7 Å². The Morgan fingerprint density at radius 2 is 2.04 bits per heavy atom. The van der Waals surface area contributed by atoms with Crippen molar-refractivity contribution in [1.29, 1.82) is 0 Å². The molecule has 2 atom stereocenters. The molecule has 0 aliphatic rings. The van der Waals surface area contributed by atoms with Crippen LogP contribution in [0, 0.1) is 13.8 Å². The molecule has 6 nitrogen and oxygen atoms in total. The number of hydrogen-bond donors (Lipinski definition) is 2. The van der Waals surface area contributed by atoms with Crippen LogP contribution in [0.3, 0.4) is 0 Å². The first-order valence-corrected chi connectivity index (χ1v) is 8.51. The highest BCUT2D eigenvalue weighted by atomic mass is 16.5. The third-order valence-corrected chi connectivity index (χ3v) is 4.51. The smallest absolute Gasteiger partial charge is 0.319 e. The minimum atomic E-state index is -0.214. The molecule has 2 unspecified atom stereocenters. The van der Waals surface area contributed by atoms with Crippen molar-refractivity contribution in [3.63, 3.8) is 0 Å². The number of carbonyl (C=O) groups excluding carboxylic acids is 1.